The molecule has 3 nitrogen and oxygen atoms in total. The Morgan fingerprint density at radius 3 is 2.88 bits per heavy atom. The van der Waals surface area contributed by atoms with Gasteiger partial charge >= 0.3 is 0 Å². The van der Waals surface area contributed by atoms with E-state index in [-0.39, 0.29) is 17.3 Å². The van der Waals surface area contributed by atoms with E-state index in [0.29, 0.717) is 5.56 Å². The van der Waals surface area contributed by atoms with Crippen molar-refractivity contribution in [1.82, 2.24) is 5.32 Å². The molecule has 0 heterocycles. The second kappa shape index (κ2) is 5.96. The van der Waals surface area contributed by atoms with Crippen molar-refractivity contribution in [3.05, 3.63) is 35.6 Å². The minimum Gasteiger partial charge on any atom is -0.387 e. The van der Waals surface area contributed by atoms with Gasteiger partial charge in [-0.05, 0) is 24.6 Å². The fraction of sp³-hybridized carbons (Fsp3) is 0.364. The van der Waals surface area contributed by atoms with Crippen molar-refractivity contribution in [2.24, 2.45) is 0 Å². The molecular weight excluding hydrogens is 277 g/mol. The second-order valence-corrected chi connectivity index (χ2v) is 4.81. The number of alkyl halides is 1. The molecule has 0 saturated carbocycles. The van der Waals surface area contributed by atoms with Gasteiger partial charge in [0, 0.05) is 6.54 Å². The van der Waals surface area contributed by atoms with Crippen LogP contribution in [0.15, 0.2) is 24.3 Å². The zero-order valence-corrected chi connectivity index (χ0v) is 10.4. The summed E-state index contributed by atoms with van der Waals surface area (Å²) in [6.07, 6.45) is -0.897. The molecule has 88 valence electrons. The van der Waals surface area contributed by atoms with Crippen molar-refractivity contribution in [3.8, 4) is 0 Å². The lowest BCUT2D eigenvalue weighted by Gasteiger charge is -2.13. The first kappa shape index (κ1) is 13.1. The maximum Gasteiger partial charge on any atom is 0.233 e. The molecule has 0 spiro atoms. The lowest BCUT2D eigenvalue weighted by atomic mass is 10.1. The Labute approximate surface area is 102 Å². The van der Waals surface area contributed by atoms with Gasteiger partial charge in [0.25, 0.3) is 0 Å². The van der Waals surface area contributed by atoms with Gasteiger partial charge in [-0.3, -0.25) is 4.79 Å². The van der Waals surface area contributed by atoms with E-state index in [1.807, 2.05) is 0 Å². The molecule has 2 N–H and O–H groups in total. The zero-order valence-electron chi connectivity index (χ0n) is 8.78. The molecule has 1 amide bonds. The number of nitrogens with one attached hydrogen (secondary N) is 1. The minimum absolute atomic E-state index is 0.0677. The Bertz CT molecular complexity index is 371. The van der Waals surface area contributed by atoms with Crippen molar-refractivity contribution < 1.29 is 14.3 Å². The number of aliphatic hydroxyl groups is 1. The summed E-state index contributed by atoms with van der Waals surface area (Å²) in [5.41, 5.74) is 0.447. The van der Waals surface area contributed by atoms with Crippen molar-refractivity contribution in [1.29, 1.82) is 0 Å². The van der Waals surface area contributed by atoms with E-state index in [1.165, 1.54) is 18.2 Å². The summed E-state index contributed by atoms with van der Waals surface area (Å²) in [7, 11) is 0. The van der Waals surface area contributed by atoms with Crippen molar-refractivity contribution in [3.63, 3.8) is 0 Å². The average Bonchev–Trinajstić information content (AvgIpc) is 2.25. The van der Waals surface area contributed by atoms with E-state index < -0.39 is 11.9 Å². The predicted octanol–water partition coefficient (Wildman–Crippen LogP) is 1.76. The highest BCUT2D eigenvalue weighted by Gasteiger charge is 2.12. The summed E-state index contributed by atoms with van der Waals surface area (Å²) in [6, 6.07) is 5.67. The van der Waals surface area contributed by atoms with Gasteiger partial charge in [-0.1, -0.05) is 28.1 Å². The number of aliphatic hydroxyl groups excluding tert-OH is 1. The third-order valence-corrected chi connectivity index (χ3v) is 2.48. The summed E-state index contributed by atoms with van der Waals surface area (Å²) < 4.78 is 12.8. The van der Waals surface area contributed by atoms with Gasteiger partial charge < -0.3 is 10.4 Å². The Morgan fingerprint density at radius 2 is 2.31 bits per heavy atom. The molecule has 1 aromatic rings. The van der Waals surface area contributed by atoms with Crippen molar-refractivity contribution >= 4 is 21.8 Å². The number of hydrogen-bond donors (Lipinski definition) is 2. The number of carbonyl (C=O) groups excluding carboxylic acids is 1. The topological polar surface area (TPSA) is 49.3 Å². The molecule has 0 aromatic heterocycles. The van der Waals surface area contributed by atoms with Crippen LogP contribution in [0.1, 0.15) is 18.6 Å². The van der Waals surface area contributed by atoms with Crippen LogP contribution >= 0.6 is 15.9 Å². The maximum absolute atomic E-state index is 12.8. The molecule has 0 radical (unpaired) electrons. The van der Waals surface area contributed by atoms with Gasteiger partial charge in [0.05, 0.1) is 10.9 Å². The molecule has 16 heavy (non-hydrogen) atoms. The fourth-order valence-electron chi connectivity index (χ4n) is 1.17. The molecule has 1 rings (SSSR count). The van der Waals surface area contributed by atoms with Crippen LogP contribution < -0.4 is 5.32 Å². The molecule has 0 aliphatic carbocycles. The van der Waals surface area contributed by atoms with Gasteiger partial charge in [-0.15, -0.1) is 0 Å². The van der Waals surface area contributed by atoms with Crippen LogP contribution in [0, 0.1) is 5.82 Å². The van der Waals surface area contributed by atoms with E-state index in [2.05, 4.69) is 21.2 Å². The van der Waals surface area contributed by atoms with Gasteiger partial charge in [0.1, 0.15) is 5.82 Å². The van der Waals surface area contributed by atoms with E-state index in [4.69, 9.17) is 0 Å². The molecule has 0 bridgehead atoms. The standard InChI is InChI=1S/C11H13BrFNO2/c1-7(12)11(16)14-6-10(15)8-3-2-4-9(13)5-8/h2-5,7,10,15H,6H2,1H3,(H,14,16)/t7-,10-/m0/s1. The molecule has 1 aromatic carbocycles. The number of rotatable bonds is 4. The molecule has 0 unspecified atom stereocenters. The van der Waals surface area contributed by atoms with E-state index in [9.17, 15) is 14.3 Å². The van der Waals surface area contributed by atoms with E-state index in [1.54, 1.807) is 13.0 Å². The quantitative estimate of drug-likeness (QED) is 0.830. The lowest BCUT2D eigenvalue weighted by Crippen LogP contribution is -2.32. The Kier molecular flexibility index (Phi) is 4.89. The molecular formula is C11H13BrFNO2. The highest BCUT2D eigenvalue weighted by molar-refractivity contribution is 9.10. The van der Waals surface area contributed by atoms with Crippen LogP contribution in [-0.4, -0.2) is 22.4 Å². The van der Waals surface area contributed by atoms with Crippen LogP contribution in [0.2, 0.25) is 0 Å². The summed E-state index contributed by atoms with van der Waals surface area (Å²) >= 11 is 3.10. The molecule has 2 atom stereocenters. The first-order chi connectivity index (χ1) is 7.50. The average molecular weight is 290 g/mol. The molecule has 0 aliphatic heterocycles. The number of carbonyl (C=O) groups is 1. The normalized spacial score (nSPS) is 14.2. The molecule has 5 heteroatoms. The van der Waals surface area contributed by atoms with Gasteiger partial charge in [0.15, 0.2) is 0 Å². The highest BCUT2D eigenvalue weighted by atomic mass is 79.9. The number of benzene rings is 1. The van der Waals surface area contributed by atoms with Gasteiger partial charge in [-0.2, -0.15) is 0 Å². The van der Waals surface area contributed by atoms with E-state index in [0.717, 1.165) is 0 Å². The minimum atomic E-state index is -0.897. The molecule has 0 saturated heterocycles. The van der Waals surface area contributed by atoms with Crippen LogP contribution in [-0.2, 0) is 4.79 Å². The van der Waals surface area contributed by atoms with Crippen molar-refractivity contribution in [2.45, 2.75) is 17.9 Å². The Balaban J connectivity index is 2.53. The first-order valence-corrected chi connectivity index (χ1v) is 5.77. The largest absolute Gasteiger partial charge is 0.387 e. The third kappa shape index (κ3) is 3.90. The van der Waals surface area contributed by atoms with Gasteiger partial charge in [0.2, 0.25) is 5.91 Å². The highest BCUT2D eigenvalue weighted by Crippen LogP contribution is 2.13. The summed E-state index contributed by atoms with van der Waals surface area (Å²) in [4.78, 5) is 10.9. The fourth-order valence-corrected chi connectivity index (χ4v) is 1.33. The second-order valence-electron chi connectivity index (χ2n) is 3.43. The lowest BCUT2D eigenvalue weighted by molar-refractivity contribution is -0.120. The monoisotopic (exact) mass is 289 g/mol. The van der Waals surface area contributed by atoms with Crippen LogP contribution in [0.3, 0.4) is 0 Å². The Morgan fingerprint density at radius 1 is 1.62 bits per heavy atom. The zero-order chi connectivity index (χ0) is 12.1. The molecule has 0 fully saturated rings. The number of hydrogen-bond acceptors (Lipinski definition) is 2. The van der Waals surface area contributed by atoms with Crippen LogP contribution in [0.25, 0.3) is 0 Å². The predicted molar refractivity (Wildman–Crippen MR) is 62.8 cm³/mol. The summed E-state index contributed by atoms with van der Waals surface area (Å²) in [5, 5.41) is 12.2. The first-order valence-electron chi connectivity index (χ1n) is 4.86. The maximum atomic E-state index is 12.8. The Hall–Kier alpha value is -0.940. The van der Waals surface area contributed by atoms with Gasteiger partial charge in [-0.25, -0.2) is 4.39 Å². The number of halogens is 2. The smallest absolute Gasteiger partial charge is 0.233 e. The molecule has 0 aliphatic rings. The summed E-state index contributed by atoms with van der Waals surface area (Å²) in [6.45, 7) is 1.75. The van der Waals surface area contributed by atoms with E-state index >= 15 is 0 Å². The number of amides is 1. The summed E-state index contributed by atoms with van der Waals surface area (Å²) in [5.74, 6) is -0.618. The van der Waals surface area contributed by atoms with Crippen LogP contribution in [0.5, 0.6) is 0 Å². The van der Waals surface area contributed by atoms with Crippen molar-refractivity contribution in [2.75, 3.05) is 6.54 Å². The SMILES string of the molecule is C[C@H](Br)C(=O)NC[C@H](O)c1cccc(F)c1. The third-order valence-electron chi connectivity index (χ3n) is 2.06. The van der Waals surface area contributed by atoms with Crippen LogP contribution in [0.4, 0.5) is 4.39 Å².